The van der Waals surface area contributed by atoms with E-state index in [4.69, 9.17) is 52.1 Å². The Labute approximate surface area is 452 Å². The number of hydrogen-bond acceptors (Lipinski definition) is 17. The van der Waals surface area contributed by atoms with Crippen molar-refractivity contribution < 1.29 is 76.4 Å². The van der Waals surface area contributed by atoms with Crippen molar-refractivity contribution in [3.8, 4) is 0 Å². The number of rotatable bonds is 53. The third-order valence-electron chi connectivity index (χ3n) is 12.6. The zero-order valence-electron chi connectivity index (χ0n) is 45.3. The van der Waals surface area contributed by atoms with Gasteiger partial charge in [-0.2, -0.15) is 11.8 Å². The highest BCUT2D eigenvalue weighted by Gasteiger charge is 2.42. The Morgan fingerprint density at radius 2 is 1.01 bits per heavy atom. The number of fused-ring (bicyclic) bond motifs is 1. The number of aliphatic hydroxyl groups excluding tert-OH is 1. The zero-order chi connectivity index (χ0) is 53.5. The minimum atomic E-state index is -0.587. The Bertz CT molecular complexity index is 1500. The summed E-state index contributed by atoms with van der Waals surface area (Å²) >= 11 is 1.90. The first kappa shape index (κ1) is 66.5. The van der Waals surface area contributed by atoms with E-state index >= 15 is 0 Å². The summed E-state index contributed by atoms with van der Waals surface area (Å²) < 4.78 is 60.8. The average Bonchev–Trinajstić information content (AvgIpc) is 4.05. The molecule has 2 saturated heterocycles. The van der Waals surface area contributed by atoms with Crippen molar-refractivity contribution in [2.45, 2.75) is 120 Å². The summed E-state index contributed by atoms with van der Waals surface area (Å²) in [5, 5.41) is 22.5. The van der Waals surface area contributed by atoms with Gasteiger partial charge in [-0.25, -0.2) is 4.79 Å². The molecule has 0 spiro atoms. The number of amides is 4. The van der Waals surface area contributed by atoms with Gasteiger partial charge in [-0.1, -0.05) is 56.9 Å². The molecule has 0 bridgehead atoms. The number of unbranched alkanes of at least 4 members (excludes halogenated alkanes) is 6. The van der Waals surface area contributed by atoms with Crippen LogP contribution < -0.4 is 21.3 Å². The number of thioether (sulfide) groups is 1. The molecule has 0 aromatic heterocycles. The molecule has 434 valence electrons. The maximum absolute atomic E-state index is 12.5. The minimum Gasteiger partial charge on any atom is -0.392 e. The lowest BCUT2D eigenvalue weighted by Gasteiger charge is -2.16. The predicted octanol–water partition coefficient (Wildman–Crippen LogP) is 4.34. The lowest BCUT2D eigenvalue weighted by molar-refractivity contribution is -0.122. The Kier molecular flexibility index (Phi) is 41.9. The van der Waals surface area contributed by atoms with Crippen molar-refractivity contribution in [1.29, 1.82) is 0 Å². The Morgan fingerprint density at radius 3 is 1.49 bits per heavy atom. The molecular weight excluding hydrogens is 993 g/mol. The summed E-state index contributed by atoms with van der Waals surface area (Å²) in [6, 6.07) is 0.388. The summed E-state index contributed by atoms with van der Waals surface area (Å²) in [4.78, 5) is 48.2. The zero-order valence-corrected chi connectivity index (χ0v) is 46.1. The van der Waals surface area contributed by atoms with E-state index in [2.05, 4.69) is 40.3 Å². The number of ether oxygens (including phenoxy) is 11. The third-order valence-corrected chi connectivity index (χ3v) is 14.1. The molecule has 1 saturated carbocycles. The van der Waals surface area contributed by atoms with Crippen LogP contribution in [0.2, 0.25) is 0 Å². The van der Waals surface area contributed by atoms with Crippen molar-refractivity contribution in [2.24, 2.45) is 11.8 Å². The summed E-state index contributed by atoms with van der Waals surface area (Å²) in [6.45, 7) is 13.3. The van der Waals surface area contributed by atoms with Gasteiger partial charge in [0.25, 0.3) is 0 Å². The summed E-state index contributed by atoms with van der Waals surface area (Å²) in [7, 11) is 0. The first-order chi connectivity index (χ1) is 36.9. The predicted molar refractivity (Wildman–Crippen MR) is 287 cm³/mol. The van der Waals surface area contributed by atoms with Crippen LogP contribution >= 0.6 is 11.8 Å². The first-order valence-corrected chi connectivity index (χ1v) is 29.0. The van der Waals surface area contributed by atoms with Crippen molar-refractivity contribution in [3.63, 3.8) is 0 Å². The minimum absolute atomic E-state index is 0.00861. The first-order valence-electron chi connectivity index (χ1n) is 28.0. The summed E-state index contributed by atoms with van der Waals surface area (Å²) in [6.07, 6.45) is 19.6. The largest absolute Gasteiger partial charge is 0.392 e. The number of carbonyl (C=O) groups excluding carboxylic acids is 4. The molecule has 2 aliphatic heterocycles. The topological polar surface area (TPSA) is 238 Å². The van der Waals surface area contributed by atoms with Gasteiger partial charge in [0, 0.05) is 55.2 Å². The fraction of sp³-hybridized carbons (Fsp3) is 0.852. The summed E-state index contributed by atoms with van der Waals surface area (Å²) in [5.74, 6) is 0.856. The Morgan fingerprint density at radius 1 is 0.560 bits per heavy atom. The molecule has 75 heavy (non-hydrogen) atoms. The number of allylic oxidation sites excluding steroid dienone is 3. The van der Waals surface area contributed by atoms with Crippen LogP contribution in [0.25, 0.3) is 0 Å². The van der Waals surface area contributed by atoms with Crippen LogP contribution in [0.3, 0.4) is 0 Å². The lowest BCUT2D eigenvalue weighted by Crippen LogP contribution is -2.36. The average molecular weight is 1090 g/mol. The number of ketones is 1. The third kappa shape index (κ3) is 35.4. The molecule has 1 aliphatic carbocycles. The van der Waals surface area contributed by atoms with Crippen LogP contribution in [0, 0.1) is 11.8 Å². The number of nitrogens with one attached hydrogen (secondary N) is 4. The second-order valence-corrected chi connectivity index (χ2v) is 19.9. The molecule has 2 unspecified atom stereocenters. The number of hydrogen-bond donors (Lipinski definition) is 5. The van der Waals surface area contributed by atoms with Gasteiger partial charge in [0.1, 0.15) is 5.78 Å². The molecule has 4 amide bonds. The molecule has 3 rings (SSSR count). The fourth-order valence-electron chi connectivity index (χ4n) is 8.49. The highest BCUT2D eigenvalue weighted by molar-refractivity contribution is 8.00. The van der Waals surface area contributed by atoms with Gasteiger partial charge in [-0.05, 0) is 44.9 Å². The molecule has 0 aromatic carbocycles. The van der Waals surface area contributed by atoms with Crippen molar-refractivity contribution in [3.05, 3.63) is 24.3 Å². The lowest BCUT2D eigenvalue weighted by atomic mass is 9.90. The SMILES string of the molecule is CCCCCC/C=C/[C@@H]1C(C/C=C\CCCC(=O)NCCOCCOCCOCCOCCOCCOCCOCCOCCOCCOCCOCCNC(=O)CCCCC2SC[C@@H]3NC(=O)N[C@H]23)C(=O)C[C@H]1O. The second kappa shape index (κ2) is 47.2. The van der Waals surface area contributed by atoms with Crippen LogP contribution in [0.4, 0.5) is 4.79 Å². The molecule has 0 radical (unpaired) electrons. The van der Waals surface area contributed by atoms with E-state index in [9.17, 15) is 24.3 Å². The van der Waals surface area contributed by atoms with Gasteiger partial charge in [-0.3, -0.25) is 14.4 Å². The van der Waals surface area contributed by atoms with Crippen LogP contribution in [0.15, 0.2) is 24.3 Å². The van der Waals surface area contributed by atoms with Gasteiger partial charge in [0.15, 0.2) is 0 Å². The number of carbonyl (C=O) groups is 4. The van der Waals surface area contributed by atoms with E-state index in [1.807, 2.05) is 23.9 Å². The standard InChI is InChI=1S/C54H96N4O16S/c1-2-3-4-5-6-9-14-45-46(49(60)43-48(45)59)15-10-7-8-11-17-51(61)55-19-21-64-23-25-66-27-29-68-31-33-70-35-37-72-39-41-74-42-40-73-38-36-71-34-32-69-30-28-67-26-24-65-22-20-56-52(62)18-13-12-16-50-53-47(44-75-50)57-54(63)58-53/h7,9-10,14,45-48,50,53,59H,2-6,8,11-13,15-44H2,1H3,(H,55,61)(H,56,62)(H2,57,58,63)/b10-7-,14-9+/t45-,46?,47+,48-,50?,53+/m1/s1. The summed E-state index contributed by atoms with van der Waals surface area (Å²) in [5.41, 5.74) is 0. The van der Waals surface area contributed by atoms with Crippen molar-refractivity contribution in [2.75, 3.05) is 164 Å². The number of Topliss-reactive ketones (excluding diaryl/α,β-unsaturated/α-hetero) is 1. The second-order valence-electron chi connectivity index (χ2n) is 18.6. The molecule has 21 heteroatoms. The van der Waals surface area contributed by atoms with Crippen molar-refractivity contribution >= 4 is 35.4 Å². The molecule has 0 aromatic rings. The van der Waals surface area contributed by atoms with E-state index in [-0.39, 0.29) is 54.0 Å². The highest BCUT2D eigenvalue weighted by atomic mass is 32.2. The maximum atomic E-state index is 12.5. The van der Waals surface area contributed by atoms with E-state index in [1.165, 1.54) is 19.3 Å². The monoisotopic (exact) mass is 1090 g/mol. The van der Waals surface area contributed by atoms with E-state index in [1.54, 1.807) is 0 Å². The van der Waals surface area contributed by atoms with Crippen LogP contribution in [0.1, 0.15) is 96.8 Å². The molecular formula is C54H96N4O16S. The Hall–Kier alpha value is -2.77. The Balaban J connectivity index is 0.908. The molecule has 3 fully saturated rings. The molecule has 20 nitrogen and oxygen atoms in total. The maximum Gasteiger partial charge on any atom is 0.315 e. The quantitative estimate of drug-likeness (QED) is 0.0324. The highest BCUT2D eigenvalue weighted by Crippen LogP contribution is 2.34. The van der Waals surface area contributed by atoms with Crippen LogP contribution in [-0.2, 0) is 66.5 Å². The van der Waals surface area contributed by atoms with Crippen molar-refractivity contribution in [1.82, 2.24) is 21.3 Å². The smallest absolute Gasteiger partial charge is 0.315 e. The number of aliphatic hydroxyl groups is 1. The van der Waals surface area contributed by atoms with E-state index < -0.39 is 6.10 Å². The van der Waals surface area contributed by atoms with E-state index in [0.29, 0.717) is 183 Å². The molecule has 6 atom stereocenters. The van der Waals surface area contributed by atoms with Gasteiger partial charge >= 0.3 is 6.03 Å². The molecule has 2 heterocycles. The van der Waals surface area contributed by atoms with Crippen LogP contribution in [-0.4, -0.2) is 216 Å². The molecule has 3 aliphatic rings. The molecule has 5 N–H and O–H groups in total. The van der Waals surface area contributed by atoms with Gasteiger partial charge < -0.3 is 78.5 Å². The van der Waals surface area contributed by atoms with Gasteiger partial charge in [0.2, 0.25) is 11.8 Å². The number of urea groups is 1. The normalized spacial score (nSPS) is 20.4. The van der Waals surface area contributed by atoms with Crippen LogP contribution in [0.5, 0.6) is 0 Å². The fourth-order valence-corrected chi connectivity index (χ4v) is 10.0. The van der Waals surface area contributed by atoms with Gasteiger partial charge in [-0.15, -0.1) is 0 Å². The van der Waals surface area contributed by atoms with Gasteiger partial charge in [0.05, 0.1) is 164 Å². The van der Waals surface area contributed by atoms with E-state index in [0.717, 1.165) is 50.7 Å².